The van der Waals surface area contributed by atoms with Gasteiger partial charge in [0, 0.05) is 37.4 Å². The van der Waals surface area contributed by atoms with Crippen molar-refractivity contribution in [1.82, 2.24) is 5.32 Å². The molecular weight excluding hydrogens is 492 g/mol. The summed E-state index contributed by atoms with van der Waals surface area (Å²) in [4.78, 5) is 49.7. The minimum absolute atomic E-state index is 0.0965. The summed E-state index contributed by atoms with van der Waals surface area (Å²) in [5.41, 5.74) is 6.35. The fourth-order valence-corrected chi connectivity index (χ4v) is 4.53. The smallest absolute Gasteiger partial charge is 0.405 e. The van der Waals surface area contributed by atoms with E-state index in [4.69, 9.17) is 19.9 Å². The first-order valence-corrected chi connectivity index (χ1v) is 12.4. The SMILES string of the molecule is COC1/C=C\C=C(/C)C(=O)NC2=CC(=O)C=C(C[C@@H](C)C[C@H](OC)[C@H](O)[C@@H](C)/C=C(\C)[C@@H]1OC(N)=O)C2=O. The second kappa shape index (κ2) is 14.0. The largest absolute Gasteiger partial charge is 0.439 e. The zero-order valence-electron chi connectivity index (χ0n) is 22.7. The van der Waals surface area contributed by atoms with Gasteiger partial charge in [0.2, 0.25) is 5.78 Å². The quantitative estimate of drug-likeness (QED) is 0.371. The Morgan fingerprint density at radius 3 is 2.39 bits per heavy atom. The molecule has 10 nitrogen and oxygen atoms in total. The number of hydrogen-bond donors (Lipinski definition) is 3. The van der Waals surface area contributed by atoms with E-state index in [1.807, 2.05) is 6.92 Å². The zero-order valence-corrected chi connectivity index (χ0v) is 22.7. The predicted molar refractivity (Wildman–Crippen MR) is 141 cm³/mol. The molecule has 0 aromatic carbocycles. The zero-order chi connectivity index (χ0) is 28.6. The van der Waals surface area contributed by atoms with Gasteiger partial charge in [-0.25, -0.2) is 4.79 Å². The number of hydrogen-bond acceptors (Lipinski definition) is 8. The summed E-state index contributed by atoms with van der Waals surface area (Å²) in [6.45, 7) is 6.98. The van der Waals surface area contributed by atoms with Crippen LogP contribution in [0.4, 0.5) is 4.79 Å². The molecule has 1 aliphatic heterocycles. The lowest BCUT2D eigenvalue weighted by atomic mass is 9.86. The molecule has 0 aromatic rings. The second-order valence-electron chi connectivity index (χ2n) is 9.79. The van der Waals surface area contributed by atoms with Crippen molar-refractivity contribution in [3.63, 3.8) is 0 Å². The molecule has 2 rings (SSSR count). The Balaban J connectivity index is 2.53. The molecule has 0 saturated carbocycles. The van der Waals surface area contributed by atoms with Gasteiger partial charge in [-0.3, -0.25) is 14.4 Å². The summed E-state index contributed by atoms with van der Waals surface area (Å²) in [6, 6.07) is 0. The Hall–Kier alpha value is -3.34. The number of aliphatic hydroxyl groups is 1. The summed E-state index contributed by atoms with van der Waals surface area (Å²) >= 11 is 0. The van der Waals surface area contributed by atoms with Crippen molar-refractivity contribution < 1.29 is 38.5 Å². The van der Waals surface area contributed by atoms with Crippen LogP contribution in [-0.4, -0.2) is 67.3 Å². The number of rotatable bonds is 3. The van der Waals surface area contributed by atoms with Crippen LogP contribution in [0.15, 0.2) is 58.9 Å². The number of amides is 2. The molecule has 6 atom stereocenters. The topological polar surface area (TPSA) is 154 Å². The number of allylic oxidation sites excluding steroid dienone is 5. The molecule has 0 spiro atoms. The van der Waals surface area contributed by atoms with E-state index in [1.54, 1.807) is 39.0 Å². The Kier molecular flexibility index (Phi) is 11.4. The Bertz CT molecular complexity index is 1080. The number of ketones is 2. The first-order valence-electron chi connectivity index (χ1n) is 12.4. The van der Waals surface area contributed by atoms with E-state index < -0.39 is 53.9 Å². The number of nitrogens with two attached hydrogens (primary N) is 1. The summed E-state index contributed by atoms with van der Waals surface area (Å²) < 4.78 is 16.4. The van der Waals surface area contributed by atoms with E-state index in [2.05, 4.69) is 5.32 Å². The number of methoxy groups -OCH3 is 2. The van der Waals surface area contributed by atoms with Gasteiger partial charge in [-0.1, -0.05) is 38.2 Å². The number of ether oxygens (including phenoxy) is 3. The molecule has 10 heteroatoms. The number of nitrogens with one attached hydrogen (secondary N) is 1. The molecule has 2 amide bonds. The molecule has 1 aliphatic carbocycles. The molecule has 1 heterocycles. The minimum atomic E-state index is -0.993. The van der Waals surface area contributed by atoms with Crippen LogP contribution in [0.5, 0.6) is 0 Å². The van der Waals surface area contributed by atoms with Crippen molar-refractivity contribution in [2.75, 3.05) is 14.2 Å². The number of aliphatic hydroxyl groups excluding tert-OH is 1. The lowest BCUT2D eigenvalue weighted by Crippen LogP contribution is -2.37. The van der Waals surface area contributed by atoms with Gasteiger partial charge in [-0.05, 0) is 44.3 Å². The van der Waals surface area contributed by atoms with Crippen LogP contribution in [0.3, 0.4) is 0 Å². The molecule has 208 valence electrons. The summed E-state index contributed by atoms with van der Waals surface area (Å²) in [7, 11) is 2.92. The van der Waals surface area contributed by atoms with Crippen LogP contribution >= 0.6 is 0 Å². The monoisotopic (exact) mass is 530 g/mol. The van der Waals surface area contributed by atoms with E-state index in [9.17, 15) is 24.3 Å². The highest BCUT2D eigenvalue weighted by atomic mass is 16.6. The molecule has 2 aliphatic rings. The van der Waals surface area contributed by atoms with Gasteiger partial charge in [-0.15, -0.1) is 0 Å². The minimum Gasteiger partial charge on any atom is -0.439 e. The van der Waals surface area contributed by atoms with E-state index in [0.29, 0.717) is 12.0 Å². The van der Waals surface area contributed by atoms with Crippen molar-refractivity contribution in [3.8, 4) is 0 Å². The second-order valence-corrected chi connectivity index (χ2v) is 9.79. The Morgan fingerprint density at radius 2 is 1.79 bits per heavy atom. The molecule has 4 N–H and O–H groups in total. The summed E-state index contributed by atoms with van der Waals surface area (Å²) in [5.74, 6) is -1.93. The summed E-state index contributed by atoms with van der Waals surface area (Å²) in [6.07, 6.45) is 5.27. The Morgan fingerprint density at radius 1 is 1.11 bits per heavy atom. The molecule has 0 saturated heterocycles. The molecule has 2 bridgehead atoms. The Labute approximate surface area is 223 Å². The van der Waals surface area contributed by atoms with Gasteiger partial charge in [0.05, 0.1) is 17.9 Å². The highest BCUT2D eigenvalue weighted by Gasteiger charge is 2.31. The number of carbonyl (C=O) groups excluding carboxylic acids is 4. The van der Waals surface area contributed by atoms with Gasteiger partial charge in [-0.2, -0.15) is 0 Å². The molecule has 0 aromatic heterocycles. The van der Waals surface area contributed by atoms with Crippen LogP contribution in [-0.2, 0) is 28.6 Å². The normalized spacial score (nSPS) is 33.6. The van der Waals surface area contributed by atoms with Crippen molar-refractivity contribution in [3.05, 3.63) is 58.9 Å². The number of Topliss-reactive ketones (excluding diaryl/α,β-unsaturated/α-hetero) is 1. The predicted octanol–water partition coefficient (Wildman–Crippen LogP) is 2.43. The molecule has 38 heavy (non-hydrogen) atoms. The van der Waals surface area contributed by atoms with Crippen molar-refractivity contribution in [1.29, 1.82) is 0 Å². The van der Waals surface area contributed by atoms with E-state index in [1.165, 1.54) is 26.4 Å². The van der Waals surface area contributed by atoms with Gasteiger partial charge in [0.15, 0.2) is 11.9 Å². The van der Waals surface area contributed by atoms with E-state index in [-0.39, 0.29) is 29.2 Å². The number of primary amides is 1. The third kappa shape index (κ3) is 8.34. The maximum atomic E-state index is 13.0. The van der Waals surface area contributed by atoms with Gasteiger partial charge in [0.1, 0.15) is 6.10 Å². The number of carbonyl (C=O) groups is 4. The fraction of sp³-hybridized carbons (Fsp3) is 0.500. The third-order valence-corrected chi connectivity index (χ3v) is 6.61. The lowest BCUT2D eigenvalue weighted by molar-refractivity contribution is -0.120. The third-order valence-electron chi connectivity index (χ3n) is 6.61. The molecular formula is C28H38N2O8. The lowest BCUT2D eigenvalue weighted by Gasteiger charge is -2.29. The highest BCUT2D eigenvalue weighted by Crippen LogP contribution is 2.27. The first-order chi connectivity index (χ1) is 17.9. The van der Waals surface area contributed by atoms with Gasteiger partial charge < -0.3 is 30.4 Å². The maximum Gasteiger partial charge on any atom is 0.405 e. The van der Waals surface area contributed by atoms with Crippen molar-refractivity contribution in [2.24, 2.45) is 17.6 Å². The summed E-state index contributed by atoms with van der Waals surface area (Å²) in [5, 5.41) is 13.6. The van der Waals surface area contributed by atoms with Crippen LogP contribution in [0, 0.1) is 11.8 Å². The van der Waals surface area contributed by atoms with E-state index in [0.717, 1.165) is 6.08 Å². The number of fused-ring (bicyclic) bond motifs is 2. The van der Waals surface area contributed by atoms with Gasteiger partial charge >= 0.3 is 6.09 Å². The highest BCUT2D eigenvalue weighted by molar-refractivity contribution is 6.21. The van der Waals surface area contributed by atoms with Crippen molar-refractivity contribution in [2.45, 2.75) is 65.0 Å². The van der Waals surface area contributed by atoms with Crippen LogP contribution in [0.25, 0.3) is 0 Å². The van der Waals surface area contributed by atoms with Crippen LogP contribution in [0.1, 0.15) is 40.5 Å². The standard InChI is InChI=1S/C28H38N2O8/c1-15-10-19-13-20(31)14-21(25(19)33)30-27(34)16(2)8-7-9-22(36-5)26(38-28(29)35)18(4)12-17(3)24(32)23(11-15)37-6/h7-9,12-15,17,22-24,26,32H,10-11H2,1-6H3,(H2,29,35)(H,30,34)/b9-7-,16-8+,18-12+/t15-,17+,22?,23+,24-,26+/m1/s1. The fourth-order valence-electron chi connectivity index (χ4n) is 4.53. The van der Waals surface area contributed by atoms with Crippen molar-refractivity contribution >= 4 is 23.6 Å². The van der Waals surface area contributed by atoms with Crippen LogP contribution in [0.2, 0.25) is 0 Å². The average Bonchev–Trinajstić information content (AvgIpc) is 2.85. The maximum absolute atomic E-state index is 13.0. The molecule has 0 radical (unpaired) electrons. The van der Waals surface area contributed by atoms with Crippen LogP contribution < -0.4 is 11.1 Å². The average molecular weight is 531 g/mol. The van der Waals surface area contributed by atoms with E-state index >= 15 is 0 Å². The first kappa shape index (κ1) is 30.9. The van der Waals surface area contributed by atoms with Gasteiger partial charge in [0.25, 0.3) is 5.91 Å². The molecule has 0 fully saturated rings. The molecule has 1 unspecified atom stereocenters.